The minimum Gasteiger partial charge on any atom is -0.490 e. The van der Waals surface area contributed by atoms with Gasteiger partial charge in [-0.3, -0.25) is 0 Å². The van der Waals surface area contributed by atoms with Crippen LogP contribution in [0.25, 0.3) is 0 Å². The van der Waals surface area contributed by atoms with Crippen molar-refractivity contribution in [2.24, 2.45) is 17.6 Å². The number of nitrogens with two attached hydrogens (primary N) is 1. The number of fused-ring (bicyclic) bond motifs is 3. The van der Waals surface area contributed by atoms with Gasteiger partial charge >= 0.3 is 6.18 Å². The zero-order chi connectivity index (χ0) is 23.3. The first-order chi connectivity index (χ1) is 15.0. The number of sulfone groups is 1. The fourth-order valence-corrected chi connectivity index (χ4v) is 7.50. The molecule has 4 nitrogen and oxygen atoms in total. The molecule has 2 aromatic carbocycles. The smallest absolute Gasteiger partial charge is 0.416 e. The summed E-state index contributed by atoms with van der Waals surface area (Å²) in [6.07, 6.45) is -3.23. The molecule has 0 radical (unpaired) electrons. The van der Waals surface area contributed by atoms with E-state index in [0.717, 1.165) is 24.3 Å². The third kappa shape index (κ3) is 3.48. The number of hydrogen-bond acceptors (Lipinski definition) is 4. The van der Waals surface area contributed by atoms with Crippen LogP contribution in [-0.4, -0.2) is 21.6 Å². The van der Waals surface area contributed by atoms with Crippen LogP contribution in [0.4, 0.5) is 22.0 Å². The minimum absolute atomic E-state index is 0.0115. The first kappa shape index (κ1) is 23.0. The largest absolute Gasteiger partial charge is 0.490 e. The lowest BCUT2D eigenvalue weighted by atomic mass is 9.68. The lowest BCUT2D eigenvalue weighted by molar-refractivity contribution is -0.137. The third-order valence-corrected chi connectivity index (χ3v) is 9.25. The molecule has 3 atom stereocenters. The van der Waals surface area contributed by atoms with Crippen molar-refractivity contribution in [3.8, 4) is 5.75 Å². The molecule has 3 unspecified atom stereocenters. The van der Waals surface area contributed by atoms with Crippen LogP contribution in [0.3, 0.4) is 0 Å². The molecule has 0 spiro atoms. The number of alkyl halides is 3. The summed E-state index contributed by atoms with van der Waals surface area (Å²) in [6.45, 7) is 0.255. The Morgan fingerprint density at radius 2 is 1.72 bits per heavy atom. The van der Waals surface area contributed by atoms with Gasteiger partial charge in [0.2, 0.25) is 0 Å². The summed E-state index contributed by atoms with van der Waals surface area (Å²) in [4.78, 5) is -0.371. The van der Waals surface area contributed by atoms with Gasteiger partial charge < -0.3 is 10.5 Å². The quantitative estimate of drug-likeness (QED) is 0.645. The van der Waals surface area contributed by atoms with Crippen LogP contribution in [0.15, 0.2) is 41.3 Å². The molecule has 4 rings (SSSR count). The van der Waals surface area contributed by atoms with Crippen molar-refractivity contribution >= 4 is 9.84 Å². The SMILES string of the molecule is NCCC1CCC2(S(=O)(=O)c3ccc(C(F)(F)F)cc3)c3c(F)ccc(F)c3OCC2C1. The molecule has 0 saturated heterocycles. The highest BCUT2D eigenvalue weighted by Crippen LogP contribution is 2.57. The fourth-order valence-electron chi connectivity index (χ4n) is 5.14. The Kier molecular flexibility index (Phi) is 5.73. The molecule has 174 valence electrons. The first-order valence-electron chi connectivity index (χ1n) is 10.3. The lowest BCUT2D eigenvalue weighted by Crippen LogP contribution is -2.52. The van der Waals surface area contributed by atoms with E-state index in [2.05, 4.69) is 0 Å². The van der Waals surface area contributed by atoms with E-state index in [4.69, 9.17) is 10.5 Å². The summed E-state index contributed by atoms with van der Waals surface area (Å²) >= 11 is 0. The lowest BCUT2D eigenvalue weighted by Gasteiger charge is -2.49. The van der Waals surface area contributed by atoms with Crippen molar-refractivity contribution in [1.82, 2.24) is 0 Å². The van der Waals surface area contributed by atoms with E-state index < -0.39 is 49.6 Å². The average Bonchev–Trinajstić information content (AvgIpc) is 2.75. The van der Waals surface area contributed by atoms with Gasteiger partial charge in [0.05, 0.1) is 22.6 Å². The molecule has 2 aliphatic rings. The van der Waals surface area contributed by atoms with E-state index in [9.17, 15) is 26.0 Å². The maximum absolute atomic E-state index is 15.1. The molecular formula is C22H22F5NO3S. The summed E-state index contributed by atoms with van der Waals surface area (Å²) in [5.74, 6) is -2.87. The van der Waals surface area contributed by atoms with Gasteiger partial charge in [0, 0.05) is 5.92 Å². The second-order valence-corrected chi connectivity index (χ2v) is 10.6. The molecule has 0 bridgehead atoms. The van der Waals surface area contributed by atoms with Gasteiger partial charge in [-0.1, -0.05) is 0 Å². The molecular weight excluding hydrogens is 453 g/mol. The standard InChI is InChI=1S/C22H22F5NO3S/c23-17-5-6-18(24)20-19(17)21(9-7-13(8-10-28)11-15(21)12-31-20)32(29,30)16-3-1-14(2-4-16)22(25,26)27/h1-6,13,15H,7-12,28H2. The van der Waals surface area contributed by atoms with Gasteiger partial charge in [-0.2, -0.15) is 13.2 Å². The van der Waals surface area contributed by atoms with Gasteiger partial charge in [0.25, 0.3) is 0 Å². The van der Waals surface area contributed by atoms with E-state index in [-0.39, 0.29) is 29.4 Å². The van der Waals surface area contributed by atoms with Crippen molar-refractivity contribution in [3.63, 3.8) is 0 Å². The molecule has 10 heteroatoms. The monoisotopic (exact) mass is 475 g/mol. The number of rotatable bonds is 4. The molecule has 1 saturated carbocycles. The van der Waals surface area contributed by atoms with Crippen LogP contribution in [0.1, 0.15) is 36.8 Å². The average molecular weight is 475 g/mol. The zero-order valence-corrected chi connectivity index (χ0v) is 17.8. The summed E-state index contributed by atoms with van der Waals surface area (Å²) in [7, 11) is -4.42. The Morgan fingerprint density at radius 1 is 1.06 bits per heavy atom. The Hall–Kier alpha value is -2.20. The Morgan fingerprint density at radius 3 is 2.34 bits per heavy atom. The first-order valence-corrected chi connectivity index (χ1v) is 11.7. The highest BCUT2D eigenvalue weighted by atomic mass is 32.2. The molecule has 1 heterocycles. The van der Waals surface area contributed by atoms with E-state index in [1.807, 2.05) is 0 Å². The van der Waals surface area contributed by atoms with Gasteiger partial charge in [0.1, 0.15) is 10.6 Å². The van der Waals surface area contributed by atoms with E-state index in [1.165, 1.54) is 0 Å². The molecule has 1 fully saturated rings. The van der Waals surface area contributed by atoms with Gasteiger partial charge in [-0.05, 0) is 74.5 Å². The highest BCUT2D eigenvalue weighted by molar-refractivity contribution is 7.92. The molecule has 0 aromatic heterocycles. The van der Waals surface area contributed by atoms with Gasteiger partial charge in [0.15, 0.2) is 21.4 Å². The number of hydrogen-bond donors (Lipinski definition) is 1. The van der Waals surface area contributed by atoms with Crippen LogP contribution in [0, 0.1) is 23.5 Å². The molecule has 1 aliphatic heterocycles. The second-order valence-electron chi connectivity index (χ2n) is 8.37. The summed E-state index contributed by atoms with van der Waals surface area (Å²) in [6, 6.07) is 4.84. The molecule has 2 aromatic rings. The number of benzene rings is 2. The maximum atomic E-state index is 15.1. The van der Waals surface area contributed by atoms with E-state index >= 15 is 4.39 Å². The van der Waals surface area contributed by atoms with Crippen LogP contribution < -0.4 is 10.5 Å². The predicted octanol–water partition coefficient (Wildman–Crippen LogP) is 4.81. The van der Waals surface area contributed by atoms with Crippen molar-refractivity contribution in [3.05, 3.63) is 59.2 Å². The summed E-state index contributed by atoms with van der Waals surface area (Å²) in [5.41, 5.74) is 4.28. The van der Waals surface area contributed by atoms with Crippen molar-refractivity contribution in [2.45, 2.75) is 41.5 Å². The van der Waals surface area contributed by atoms with Crippen LogP contribution in [0.2, 0.25) is 0 Å². The summed E-state index contributed by atoms with van der Waals surface area (Å²) < 4.78 is 100. The second kappa shape index (κ2) is 7.98. The van der Waals surface area contributed by atoms with E-state index in [0.29, 0.717) is 37.9 Å². The number of ether oxygens (including phenoxy) is 1. The van der Waals surface area contributed by atoms with Crippen LogP contribution in [-0.2, 0) is 20.8 Å². The van der Waals surface area contributed by atoms with Gasteiger partial charge in [-0.25, -0.2) is 17.2 Å². The molecule has 32 heavy (non-hydrogen) atoms. The summed E-state index contributed by atoms with van der Waals surface area (Å²) in [5, 5.41) is 0. The zero-order valence-electron chi connectivity index (χ0n) is 17.0. The van der Waals surface area contributed by atoms with Crippen molar-refractivity contribution in [1.29, 1.82) is 0 Å². The Bertz CT molecular complexity index is 1120. The fraction of sp³-hybridized carbons (Fsp3) is 0.455. The van der Waals surface area contributed by atoms with Crippen molar-refractivity contribution < 1.29 is 35.1 Å². The molecule has 2 N–H and O–H groups in total. The molecule has 1 aliphatic carbocycles. The van der Waals surface area contributed by atoms with Gasteiger partial charge in [-0.15, -0.1) is 0 Å². The minimum atomic E-state index is -4.64. The Labute approximate surface area is 182 Å². The predicted molar refractivity (Wildman–Crippen MR) is 107 cm³/mol. The normalized spacial score (nSPS) is 25.6. The van der Waals surface area contributed by atoms with Crippen molar-refractivity contribution in [2.75, 3.05) is 13.2 Å². The maximum Gasteiger partial charge on any atom is 0.416 e. The van der Waals surface area contributed by atoms with E-state index in [1.54, 1.807) is 0 Å². The van der Waals surface area contributed by atoms with Crippen LogP contribution in [0.5, 0.6) is 5.75 Å². The molecule has 0 amide bonds. The topological polar surface area (TPSA) is 69.4 Å². The third-order valence-electron chi connectivity index (χ3n) is 6.66. The highest BCUT2D eigenvalue weighted by Gasteiger charge is 2.59. The number of halogens is 5. The Balaban J connectivity index is 1.91. The van der Waals surface area contributed by atoms with Crippen LogP contribution >= 0.6 is 0 Å².